The van der Waals surface area contributed by atoms with Crippen molar-refractivity contribution in [3.63, 3.8) is 0 Å². The average Bonchev–Trinajstić information content (AvgIpc) is 2.75. The smallest absolute Gasteiger partial charge is 0.332 e. The van der Waals surface area contributed by atoms with Crippen molar-refractivity contribution in [2.45, 2.75) is 4.90 Å². The van der Waals surface area contributed by atoms with Crippen LogP contribution < -0.4 is 4.90 Å². The number of benzene rings is 1. The number of aromatic hydroxyl groups is 1. The minimum Gasteiger partial charge on any atom is -0.506 e. The first kappa shape index (κ1) is 17.0. The lowest BCUT2D eigenvalue weighted by molar-refractivity contribution is -0.124. The zero-order valence-electron chi connectivity index (χ0n) is 12.8. The third kappa shape index (κ3) is 2.92. The Morgan fingerprint density at radius 3 is 2.52 bits per heavy atom. The van der Waals surface area contributed by atoms with Gasteiger partial charge in [0.15, 0.2) is 0 Å². The molecule has 1 aromatic rings. The Morgan fingerprint density at radius 2 is 2.00 bits per heavy atom. The molecule has 23 heavy (non-hydrogen) atoms. The molecule has 0 atom stereocenters. The number of hydrogen-bond donors (Lipinski definition) is 1. The van der Waals surface area contributed by atoms with Crippen molar-refractivity contribution in [2.75, 3.05) is 32.1 Å². The van der Waals surface area contributed by atoms with Crippen LogP contribution in [0.5, 0.6) is 5.75 Å². The lowest BCUT2D eigenvalue weighted by atomic mass is 10.2. The van der Waals surface area contributed by atoms with Crippen LogP contribution in [0.25, 0.3) is 0 Å². The van der Waals surface area contributed by atoms with E-state index in [0.29, 0.717) is 0 Å². The molecular formula is C14H17N3O5S. The van der Waals surface area contributed by atoms with E-state index in [1.165, 1.54) is 32.3 Å². The molecule has 3 amide bonds. The van der Waals surface area contributed by atoms with Gasteiger partial charge in [-0.2, -0.15) is 0 Å². The predicted molar refractivity (Wildman–Crippen MR) is 83.6 cm³/mol. The second-order valence-corrected chi connectivity index (χ2v) is 7.25. The number of phenolic OH excluding ortho intramolecular Hbond substituents is 1. The molecule has 1 saturated heterocycles. The summed E-state index contributed by atoms with van der Waals surface area (Å²) in [7, 11) is -0.962. The molecule has 1 aliphatic heterocycles. The van der Waals surface area contributed by atoms with E-state index >= 15 is 0 Å². The van der Waals surface area contributed by atoms with Gasteiger partial charge in [0, 0.05) is 26.7 Å². The van der Waals surface area contributed by atoms with E-state index in [1.54, 1.807) is 0 Å². The molecule has 0 saturated carbocycles. The Hall–Kier alpha value is -2.39. The van der Waals surface area contributed by atoms with E-state index in [-0.39, 0.29) is 23.7 Å². The normalized spacial score (nSPS) is 15.6. The van der Waals surface area contributed by atoms with Gasteiger partial charge in [-0.1, -0.05) is 6.08 Å². The van der Waals surface area contributed by atoms with Crippen molar-refractivity contribution >= 4 is 27.6 Å². The number of carbonyl (C=O) groups is 2. The van der Waals surface area contributed by atoms with Crippen molar-refractivity contribution in [1.29, 1.82) is 0 Å². The van der Waals surface area contributed by atoms with E-state index < -0.39 is 27.7 Å². The monoisotopic (exact) mass is 339 g/mol. The molecule has 0 bridgehead atoms. The van der Waals surface area contributed by atoms with Crippen LogP contribution in [-0.2, 0) is 14.8 Å². The van der Waals surface area contributed by atoms with E-state index in [9.17, 15) is 23.1 Å². The van der Waals surface area contributed by atoms with Gasteiger partial charge >= 0.3 is 6.03 Å². The first-order valence-electron chi connectivity index (χ1n) is 6.68. The molecule has 1 fully saturated rings. The highest BCUT2D eigenvalue weighted by molar-refractivity contribution is 7.89. The van der Waals surface area contributed by atoms with E-state index in [4.69, 9.17) is 0 Å². The maximum atomic E-state index is 12.2. The molecule has 1 N–H and O–H groups in total. The zero-order chi connectivity index (χ0) is 17.4. The molecule has 9 heteroatoms. The van der Waals surface area contributed by atoms with Gasteiger partial charge in [-0.25, -0.2) is 17.5 Å². The highest BCUT2D eigenvalue weighted by Gasteiger charge is 2.37. The number of anilines is 1. The van der Waals surface area contributed by atoms with Gasteiger partial charge in [-0.05, 0) is 12.1 Å². The first-order chi connectivity index (χ1) is 10.7. The standard InChI is InChI=1S/C14H17N3O5S/c1-4-7-16-13(19)9-17(14(16)20)11-6-5-10(8-12(11)18)23(21,22)15(2)3/h4-6,8,18H,1,7,9H2,2-3H3. The molecule has 1 aliphatic rings. The summed E-state index contributed by atoms with van der Waals surface area (Å²) in [4.78, 5) is 26.0. The van der Waals surface area contributed by atoms with E-state index in [1.807, 2.05) is 0 Å². The van der Waals surface area contributed by atoms with Crippen molar-refractivity contribution in [3.05, 3.63) is 30.9 Å². The number of hydrogen-bond acceptors (Lipinski definition) is 5. The molecule has 0 aliphatic carbocycles. The summed E-state index contributed by atoms with van der Waals surface area (Å²) >= 11 is 0. The van der Waals surface area contributed by atoms with Gasteiger partial charge < -0.3 is 5.11 Å². The highest BCUT2D eigenvalue weighted by atomic mass is 32.2. The molecule has 124 valence electrons. The average molecular weight is 339 g/mol. The van der Waals surface area contributed by atoms with Gasteiger partial charge in [-0.3, -0.25) is 14.6 Å². The van der Waals surface area contributed by atoms with Gasteiger partial charge in [0.2, 0.25) is 10.0 Å². The van der Waals surface area contributed by atoms with Crippen LogP contribution in [0.1, 0.15) is 0 Å². The van der Waals surface area contributed by atoms with Crippen LogP contribution >= 0.6 is 0 Å². The number of nitrogens with zero attached hydrogens (tertiary/aromatic N) is 3. The highest BCUT2D eigenvalue weighted by Crippen LogP contribution is 2.33. The van der Waals surface area contributed by atoms with Crippen LogP contribution in [0, 0.1) is 0 Å². The SMILES string of the molecule is C=CCN1C(=O)CN(c2ccc(S(=O)(=O)N(C)C)cc2O)C1=O. The van der Waals surface area contributed by atoms with E-state index in [2.05, 4.69) is 6.58 Å². The number of urea groups is 1. The fourth-order valence-corrected chi connectivity index (χ4v) is 3.06. The molecule has 0 aromatic heterocycles. The fourth-order valence-electron chi connectivity index (χ4n) is 2.14. The Kier molecular flexibility index (Phi) is 4.44. The summed E-state index contributed by atoms with van der Waals surface area (Å²) in [6, 6.07) is 3.04. The number of phenols is 1. The summed E-state index contributed by atoms with van der Waals surface area (Å²) in [5.41, 5.74) is 0.0765. The second-order valence-electron chi connectivity index (χ2n) is 5.10. The lowest BCUT2D eigenvalue weighted by Crippen LogP contribution is -2.33. The number of sulfonamides is 1. The minimum atomic E-state index is -3.70. The topological polar surface area (TPSA) is 98.2 Å². The van der Waals surface area contributed by atoms with Crippen LogP contribution in [0.2, 0.25) is 0 Å². The van der Waals surface area contributed by atoms with Crippen molar-refractivity contribution in [1.82, 2.24) is 9.21 Å². The number of amides is 3. The van der Waals surface area contributed by atoms with Gasteiger partial charge in [0.25, 0.3) is 5.91 Å². The fraction of sp³-hybridized carbons (Fsp3) is 0.286. The minimum absolute atomic E-state index is 0.0714. The van der Waals surface area contributed by atoms with Gasteiger partial charge in [-0.15, -0.1) is 6.58 Å². The molecule has 1 heterocycles. The molecule has 8 nitrogen and oxygen atoms in total. The lowest BCUT2D eigenvalue weighted by Gasteiger charge is -2.18. The van der Waals surface area contributed by atoms with E-state index in [0.717, 1.165) is 20.2 Å². The third-order valence-electron chi connectivity index (χ3n) is 3.38. The van der Waals surface area contributed by atoms with Crippen molar-refractivity contribution < 1.29 is 23.1 Å². The van der Waals surface area contributed by atoms with Crippen LogP contribution in [0.4, 0.5) is 10.5 Å². The largest absolute Gasteiger partial charge is 0.506 e. The van der Waals surface area contributed by atoms with Gasteiger partial charge in [0.1, 0.15) is 12.3 Å². The predicted octanol–water partition coefficient (Wildman–Crippen LogP) is 0.597. The van der Waals surface area contributed by atoms with Crippen molar-refractivity contribution in [3.8, 4) is 5.75 Å². The number of rotatable bonds is 5. The number of imide groups is 1. The quantitative estimate of drug-likeness (QED) is 0.626. The molecule has 0 radical (unpaired) electrons. The Labute approximate surface area is 134 Å². The van der Waals surface area contributed by atoms with Crippen molar-refractivity contribution in [2.24, 2.45) is 0 Å². The Morgan fingerprint density at radius 1 is 1.35 bits per heavy atom. The summed E-state index contributed by atoms with van der Waals surface area (Å²) in [6.07, 6.45) is 1.42. The van der Waals surface area contributed by atoms with Crippen LogP contribution in [0.3, 0.4) is 0 Å². The molecule has 0 unspecified atom stereocenters. The Bertz CT molecular complexity index is 773. The molecular weight excluding hydrogens is 322 g/mol. The Balaban J connectivity index is 2.38. The molecule has 2 rings (SSSR count). The second kappa shape index (κ2) is 6.01. The summed E-state index contributed by atoms with van der Waals surface area (Å²) in [6.45, 7) is 3.33. The van der Waals surface area contributed by atoms with Crippen LogP contribution in [-0.4, -0.2) is 61.9 Å². The maximum absolute atomic E-state index is 12.2. The third-order valence-corrected chi connectivity index (χ3v) is 5.20. The number of carbonyl (C=O) groups excluding carboxylic acids is 2. The molecule has 1 aromatic carbocycles. The molecule has 0 spiro atoms. The summed E-state index contributed by atoms with van der Waals surface area (Å²) < 4.78 is 25.1. The van der Waals surface area contributed by atoms with Gasteiger partial charge in [0.05, 0.1) is 10.6 Å². The maximum Gasteiger partial charge on any atom is 0.332 e. The first-order valence-corrected chi connectivity index (χ1v) is 8.12. The zero-order valence-corrected chi connectivity index (χ0v) is 13.6. The summed E-state index contributed by atoms with van der Waals surface area (Å²) in [5.74, 6) is -0.811. The van der Waals surface area contributed by atoms with Crippen LogP contribution in [0.15, 0.2) is 35.7 Å². The summed E-state index contributed by atoms with van der Waals surface area (Å²) in [5, 5.41) is 10.1.